The summed E-state index contributed by atoms with van der Waals surface area (Å²) in [6.45, 7) is 0. The Morgan fingerprint density at radius 3 is 2.62 bits per heavy atom. The van der Waals surface area contributed by atoms with Crippen LogP contribution in [0, 0.1) is 0 Å². The Balaban J connectivity index is 2.73. The lowest BCUT2D eigenvalue weighted by Gasteiger charge is -2.10. The molecule has 2 nitrogen and oxygen atoms in total. The molecule has 0 fully saturated rings. The largest absolute Gasteiger partial charge is 0.496 e. The number of nitrogens with zero attached hydrogens (tertiary/aromatic N) is 1. The second-order valence-corrected chi connectivity index (χ2v) is 3.25. The van der Waals surface area contributed by atoms with Crippen LogP contribution in [-0.4, -0.2) is 12.1 Å². The molecule has 0 aliphatic heterocycles. The van der Waals surface area contributed by atoms with E-state index in [1.165, 1.54) is 13.3 Å². The third-order valence-corrected chi connectivity index (χ3v) is 2.23. The molecule has 1 aromatic carbocycles. The van der Waals surface area contributed by atoms with Crippen molar-refractivity contribution in [2.75, 3.05) is 7.11 Å². The number of fused-ring (bicyclic) bond motifs is 1. The van der Waals surface area contributed by atoms with Crippen LogP contribution in [0.25, 0.3) is 10.9 Å². The van der Waals surface area contributed by atoms with E-state index in [0.29, 0.717) is 5.39 Å². The molecule has 0 spiro atoms. The van der Waals surface area contributed by atoms with Crippen LogP contribution < -0.4 is 4.74 Å². The average molecular weight is 227 g/mol. The molecular formula is C11H8F3NO. The Kier molecular flexibility index (Phi) is 2.46. The summed E-state index contributed by atoms with van der Waals surface area (Å²) in [4.78, 5) is 3.88. The highest BCUT2D eigenvalue weighted by molar-refractivity contribution is 5.85. The van der Waals surface area contributed by atoms with Gasteiger partial charge in [-0.15, -0.1) is 0 Å². The SMILES string of the molecule is COc1cc(C(F)(F)F)cc2ncccc12. The summed E-state index contributed by atoms with van der Waals surface area (Å²) in [5, 5.41) is 0.568. The van der Waals surface area contributed by atoms with Crippen molar-refractivity contribution in [1.29, 1.82) is 0 Å². The Hall–Kier alpha value is -1.78. The smallest absolute Gasteiger partial charge is 0.416 e. The highest BCUT2D eigenvalue weighted by atomic mass is 19.4. The maximum atomic E-state index is 12.5. The topological polar surface area (TPSA) is 22.1 Å². The molecule has 1 aromatic heterocycles. The number of benzene rings is 1. The van der Waals surface area contributed by atoms with Gasteiger partial charge in [-0.1, -0.05) is 0 Å². The molecule has 0 aliphatic rings. The van der Waals surface area contributed by atoms with E-state index in [1.54, 1.807) is 12.1 Å². The molecule has 0 bridgehead atoms. The molecule has 0 saturated carbocycles. The normalized spacial score (nSPS) is 11.8. The van der Waals surface area contributed by atoms with Gasteiger partial charge in [-0.05, 0) is 24.3 Å². The van der Waals surface area contributed by atoms with Crippen LogP contribution in [0.2, 0.25) is 0 Å². The summed E-state index contributed by atoms with van der Waals surface area (Å²) >= 11 is 0. The molecule has 0 atom stereocenters. The first-order chi connectivity index (χ1) is 7.52. The van der Waals surface area contributed by atoms with Gasteiger partial charge in [0.05, 0.1) is 18.2 Å². The third-order valence-electron chi connectivity index (χ3n) is 2.23. The molecule has 5 heteroatoms. The van der Waals surface area contributed by atoms with E-state index in [1.807, 2.05) is 0 Å². The van der Waals surface area contributed by atoms with E-state index in [2.05, 4.69) is 4.98 Å². The standard InChI is InChI=1S/C11H8F3NO/c1-16-10-6-7(11(12,13)14)5-9-8(10)3-2-4-15-9/h2-6H,1H3. The van der Waals surface area contributed by atoms with Gasteiger partial charge in [0.15, 0.2) is 0 Å². The maximum Gasteiger partial charge on any atom is 0.416 e. The van der Waals surface area contributed by atoms with Crippen molar-refractivity contribution in [3.05, 3.63) is 36.0 Å². The quantitative estimate of drug-likeness (QED) is 0.745. The highest BCUT2D eigenvalue weighted by Crippen LogP contribution is 2.35. The van der Waals surface area contributed by atoms with E-state index < -0.39 is 11.7 Å². The van der Waals surface area contributed by atoms with Gasteiger partial charge < -0.3 is 4.74 Å². The van der Waals surface area contributed by atoms with E-state index in [0.717, 1.165) is 12.1 Å². The lowest BCUT2D eigenvalue weighted by atomic mass is 10.1. The summed E-state index contributed by atoms with van der Waals surface area (Å²) in [5.41, 5.74) is -0.482. The second-order valence-electron chi connectivity index (χ2n) is 3.25. The summed E-state index contributed by atoms with van der Waals surface area (Å²) in [7, 11) is 1.34. The lowest BCUT2D eigenvalue weighted by molar-refractivity contribution is -0.137. The number of pyridine rings is 1. The Bertz CT molecular complexity index is 522. The third kappa shape index (κ3) is 1.80. The summed E-state index contributed by atoms with van der Waals surface area (Å²) in [6, 6.07) is 5.31. The van der Waals surface area contributed by atoms with E-state index in [-0.39, 0.29) is 11.3 Å². The van der Waals surface area contributed by atoms with Crippen molar-refractivity contribution in [3.8, 4) is 5.75 Å². The first kappa shape index (κ1) is 10.7. The zero-order chi connectivity index (χ0) is 11.8. The summed E-state index contributed by atoms with van der Waals surface area (Å²) in [5.74, 6) is 0.179. The number of rotatable bonds is 1. The summed E-state index contributed by atoms with van der Waals surface area (Å²) in [6.07, 6.45) is -2.94. The van der Waals surface area contributed by atoms with Crippen LogP contribution in [-0.2, 0) is 6.18 Å². The number of alkyl halides is 3. The maximum absolute atomic E-state index is 12.5. The zero-order valence-corrected chi connectivity index (χ0v) is 8.38. The number of methoxy groups -OCH3 is 1. The lowest BCUT2D eigenvalue weighted by Crippen LogP contribution is -2.05. The number of halogens is 3. The van der Waals surface area contributed by atoms with E-state index >= 15 is 0 Å². The first-order valence-corrected chi connectivity index (χ1v) is 4.52. The van der Waals surface area contributed by atoms with E-state index in [9.17, 15) is 13.2 Å². The number of aromatic nitrogens is 1. The van der Waals surface area contributed by atoms with Crippen LogP contribution in [0.1, 0.15) is 5.56 Å². The highest BCUT2D eigenvalue weighted by Gasteiger charge is 2.31. The minimum Gasteiger partial charge on any atom is -0.496 e. The van der Waals surface area contributed by atoms with Gasteiger partial charge in [0.1, 0.15) is 5.75 Å². The van der Waals surface area contributed by atoms with Crippen molar-refractivity contribution >= 4 is 10.9 Å². The van der Waals surface area contributed by atoms with Crippen molar-refractivity contribution in [2.24, 2.45) is 0 Å². The number of hydrogen-bond donors (Lipinski definition) is 0. The van der Waals surface area contributed by atoms with Crippen molar-refractivity contribution < 1.29 is 17.9 Å². The van der Waals surface area contributed by atoms with Crippen LogP contribution >= 0.6 is 0 Å². The molecule has 2 aromatic rings. The first-order valence-electron chi connectivity index (χ1n) is 4.52. The fourth-order valence-electron chi connectivity index (χ4n) is 1.48. The molecule has 84 valence electrons. The van der Waals surface area contributed by atoms with E-state index in [4.69, 9.17) is 4.74 Å². The molecule has 2 rings (SSSR count). The Morgan fingerprint density at radius 1 is 1.25 bits per heavy atom. The predicted molar refractivity (Wildman–Crippen MR) is 53.3 cm³/mol. The fraction of sp³-hybridized carbons (Fsp3) is 0.182. The molecule has 0 unspecified atom stereocenters. The fourth-order valence-corrected chi connectivity index (χ4v) is 1.48. The second kappa shape index (κ2) is 3.66. The van der Waals surface area contributed by atoms with Crippen molar-refractivity contribution in [2.45, 2.75) is 6.18 Å². The predicted octanol–water partition coefficient (Wildman–Crippen LogP) is 3.26. The van der Waals surface area contributed by atoms with Gasteiger partial charge in [0.2, 0.25) is 0 Å². The number of hydrogen-bond acceptors (Lipinski definition) is 2. The molecule has 1 heterocycles. The minimum absolute atomic E-state index is 0.179. The van der Waals surface area contributed by atoms with Crippen LogP contribution in [0.5, 0.6) is 5.75 Å². The monoisotopic (exact) mass is 227 g/mol. The molecule has 0 saturated heterocycles. The number of ether oxygens (including phenoxy) is 1. The molecule has 0 N–H and O–H groups in total. The molecule has 0 aliphatic carbocycles. The van der Waals surface area contributed by atoms with Gasteiger partial charge in [0, 0.05) is 11.6 Å². The van der Waals surface area contributed by atoms with Gasteiger partial charge in [-0.25, -0.2) is 0 Å². The molecular weight excluding hydrogens is 219 g/mol. The zero-order valence-electron chi connectivity index (χ0n) is 8.38. The summed E-state index contributed by atoms with van der Waals surface area (Å²) < 4.78 is 42.6. The van der Waals surface area contributed by atoms with Gasteiger partial charge in [0.25, 0.3) is 0 Å². The van der Waals surface area contributed by atoms with Crippen LogP contribution in [0.3, 0.4) is 0 Å². The molecule has 16 heavy (non-hydrogen) atoms. The van der Waals surface area contributed by atoms with Gasteiger partial charge >= 0.3 is 6.18 Å². The Morgan fingerprint density at radius 2 is 2.00 bits per heavy atom. The van der Waals surface area contributed by atoms with Gasteiger partial charge in [-0.2, -0.15) is 13.2 Å². The van der Waals surface area contributed by atoms with Gasteiger partial charge in [-0.3, -0.25) is 4.98 Å². The van der Waals surface area contributed by atoms with Crippen molar-refractivity contribution in [3.63, 3.8) is 0 Å². The molecule has 0 radical (unpaired) electrons. The average Bonchev–Trinajstić information content (AvgIpc) is 2.26. The van der Waals surface area contributed by atoms with Crippen LogP contribution in [0.15, 0.2) is 30.5 Å². The Labute approximate surface area is 89.7 Å². The molecule has 0 amide bonds. The van der Waals surface area contributed by atoms with Crippen LogP contribution in [0.4, 0.5) is 13.2 Å². The minimum atomic E-state index is -4.39. The van der Waals surface area contributed by atoms with Crippen molar-refractivity contribution in [1.82, 2.24) is 4.98 Å².